The Kier molecular flexibility index (Phi) is 4.96. The number of sulfone groups is 1. The summed E-state index contributed by atoms with van der Waals surface area (Å²) in [5.74, 6) is -3.40. The van der Waals surface area contributed by atoms with Gasteiger partial charge in [0, 0.05) is 6.54 Å². The number of hydrogen-bond acceptors (Lipinski definition) is 5. The van der Waals surface area contributed by atoms with E-state index in [0.717, 1.165) is 35.5 Å². The molecule has 4 nitrogen and oxygen atoms in total. The zero-order valence-corrected chi connectivity index (χ0v) is 16.0. The number of thiazole rings is 1. The highest BCUT2D eigenvalue weighted by Crippen LogP contribution is 2.37. The number of benzene rings is 2. The molecule has 142 valence electrons. The van der Waals surface area contributed by atoms with Crippen molar-refractivity contribution in [1.82, 2.24) is 9.88 Å². The number of likely N-dealkylation sites (tertiary alicyclic amines) is 1. The van der Waals surface area contributed by atoms with Crippen LogP contribution < -0.4 is 0 Å². The molecule has 1 aliphatic heterocycles. The molecule has 0 radical (unpaired) electrons. The highest BCUT2D eigenvalue weighted by molar-refractivity contribution is 7.91. The molecule has 0 saturated carbocycles. The Hall–Kier alpha value is -1.90. The first kappa shape index (κ1) is 18.5. The van der Waals surface area contributed by atoms with Gasteiger partial charge in [0.2, 0.25) is 9.84 Å². The minimum Gasteiger partial charge on any atom is -0.290 e. The van der Waals surface area contributed by atoms with Crippen LogP contribution in [0.15, 0.2) is 53.4 Å². The van der Waals surface area contributed by atoms with Crippen LogP contribution >= 0.6 is 11.3 Å². The van der Waals surface area contributed by atoms with Crippen molar-refractivity contribution in [3.05, 3.63) is 59.1 Å². The van der Waals surface area contributed by atoms with E-state index in [2.05, 4.69) is 11.0 Å². The van der Waals surface area contributed by atoms with Gasteiger partial charge in [-0.1, -0.05) is 24.3 Å². The number of alkyl halides is 2. The summed E-state index contributed by atoms with van der Waals surface area (Å²) in [4.78, 5) is 6.74. The van der Waals surface area contributed by atoms with Crippen molar-refractivity contribution < 1.29 is 17.2 Å². The monoisotopic (exact) mass is 408 g/mol. The average Bonchev–Trinajstić information content (AvgIpc) is 3.28. The van der Waals surface area contributed by atoms with Gasteiger partial charge >= 0.3 is 5.76 Å². The lowest BCUT2D eigenvalue weighted by atomic mass is 10.2. The quantitative estimate of drug-likeness (QED) is 0.618. The van der Waals surface area contributed by atoms with Crippen molar-refractivity contribution >= 4 is 31.4 Å². The number of hydrogen-bond donors (Lipinski definition) is 0. The number of para-hydroxylation sites is 1. The molecule has 8 heteroatoms. The molecule has 0 spiro atoms. The Labute approximate surface area is 160 Å². The van der Waals surface area contributed by atoms with Crippen LogP contribution in [0.2, 0.25) is 0 Å². The molecule has 27 heavy (non-hydrogen) atoms. The minimum absolute atomic E-state index is 0.229. The van der Waals surface area contributed by atoms with Gasteiger partial charge in [0.15, 0.2) is 0 Å². The second kappa shape index (κ2) is 7.26. The number of halogens is 2. The zero-order valence-electron chi connectivity index (χ0n) is 14.4. The van der Waals surface area contributed by atoms with Crippen LogP contribution in [0.4, 0.5) is 8.78 Å². The molecule has 1 aromatic heterocycles. The van der Waals surface area contributed by atoms with E-state index in [4.69, 9.17) is 4.98 Å². The fraction of sp³-hybridized carbons (Fsp3) is 0.316. The Balaban J connectivity index is 1.53. The van der Waals surface area contributed by atoms with E-state index in [0.29, 0.717) is 6.54 Å². The third kappa shape index (κ3) is 3.61. The van der Waals surface area contributed by atoms with E-state index in [-0.39, 0.29) is 10.9 Å². The minimum atomic E-state index is -4.54. The number of nitrogens with zero attached hydrogens (tertiary/aromatic N) is 2. The van der Waals surface area contributed by atoms with Gasteiger partial charge in [-0.3, -0.25) is 4.90 Å². The van der Waals surface area contributed by atoms with Gasteiger partial charge in [-0.2, -0.15) is 8.78 Å². The fourth-order valence-corrected chi connectivity index (χ4v) is 5.31. The van der Waals surface area contributed by atoms with Crippen molar-refractivity contribution in [2.45, 2.75) is 36.1 Å². The third-order valence-electron chi connectivity index (χ3n) is 4.83. The van der Waals surface area contributed by atoms with Gasteiger partial charge in [0.1, 0.15) is 5.01 Å². The Morgan fingerprint density at radius 1 is 1.15 bits per heavy atom. The summed E-state index contributed by atoms with van der Waals surface area (Å²) in [5.41, 5.74) is 1.90. The van der Waals surface area contributed by atoms with E-state index in [1.165, 1.54) is 16.8 Å². The first-order valence-corrected chi connectivity index (χ1v) is 11.0. The van der Waals surface area contributed by atoms with Crippen molar-refractivity contribution in [2.75, 3.05) is 6.54 Å². The lowest BCUT2D eigenvalue weighted by Gasteiger charge is -2.22. The second-order valence-corrected chi connectivity index (χ2v) is 9.58. The summed E-state index contributed by atoms with van der Waals surface area (Å²) in [6, 6.07) is 14.0. The number of rotatable bonds is 5. The molecule has 1 atom stereocenters. The van der Waals surface area contributed by atoms with Crippen LogP contribution in [0.3, 0.4) is 0 Å². The van der Waals surface area contributed by atoms with Gasteiger partial charge in [-0.15, -0.1) is 11.3 Å². The van der Waals surface area contributed by atoms with Crippen molar-refractivity contribution in [3.8, 4) is 0 Å². The maximum Gasteiger partial charge on any atom is 0.341 e. The van der Waals surface area contributed by atoms with Crippen molar-refractivity contribution in [3.63, 3.8) is 0 Å². The standard InChI is InChI=1S/C19H18F2N2O2S2/c20-19(21)27(24,25)14-9-7-13(8-10-14)12-23-11-3-5-16(23)18-22-15-4-1-2-6-17(15)26-18/h1-2,4,6-10,16,19H,3,5,11-12H2. The van der Waals surface area contributed by atoms with E-state index >= 15 is 0 Å². The molecule has 1 aliphatic rings. The predicted octanol–water partition coefficient (Wildman–Crippen LogP) is 4.63. The van der Waals surface area contributed by atoms with Crippen molar-refractivity contribution in [2.24, 2.45) is 0 Å². The molecule has 1 unspecified atom stereocenters. The Morgan fingerprint density at radius 3 is 2.59 bits per heavy atom. The van der Waals surface area contributed by atoms with E-state index in [1.54, 1.807) is 23.5 Å². The molecule has 2 heterocycles. The van der Waals surface area contributed by atoms with Crippen LogP contribution in [0, 0.1) is 0 Å². The normalized spacial score (nSPS) is 18.6. The van der Waals surface area contributed by atoms with Crippen LogP contribution in [0.1, 0.15) is 29.5 Å². The summed E-state index contributed by atoms with van der Waals surface area (Å²) >= 11 is 1.70. The largest absolute Gasteiger partial charge is 0.341 e. The first-order chi connectivity index (χ1) is 12.9. The van der Waals surface area contributed by atoms with Gasteiger partial charge in [0.25, 0.3) is 0 Å². The maximum absolute atomic E-state index is 12.7. The smallest absolute Gasteiger partial charge is 0.290 e. The third-order valence-corrected chi connectivity index (χ3v) is 7.37. The fourth-order valence-electron chi connectivity index (χ4n) is 3.45. The van der Waals surface area contributed by atoms with Crippen LogP contribution in [-0.2, 0) is 16.4 Å². The predicted molar refractivity (Wildman–Crippen MR) is 102 cm³/mol. The molecule has 0 N–H and O–H groups in total. The molecule has 4 rings (SSSR count). The maximum atomic E-state index is 12.7. The molecule has 1 fully saturated rings. The average molecular weight is 408 g/mol. The Morgan fingerprint density at radius 2 is 1.89 bits per heavy atom. The van der Waals surface area contributed by atoms with E-state index in [1.807, 2.05) is 18.2 Å². The van der Waals surface area contributed by atoms with Gasteiger partial charge in [-0.25, -0.2) is 13.4 Å². The van der Waals surface area contributed by atoms with Crippen LogP contribution in [-0.4, -0.2) is 30.6 Å². The van der Waals surface area contributed by atoms with Crippen LogP contribution in [0.25, 0.3) is 10.2 Å². The number of fused-ring (bicyclic) bond motifs is 1. The molecule has 0 aliphatic carbocycles. The summed E-state index contributed by atoms with van der Waals surface area (Å²) in [6.45, 7) is 1.56. The number of aromatic nitrogens is 1. The summed E-state index contributed by atoms with van der Waals surface area (Å²) in [6.07, 6.45) is 2.09. The summed E-state index contributed by atoms with van der Waals surface area (Å²) in [7, 11) is -4.54. The topological polar surface area (TPSA) is 50.3 Å². The molecule has 0 amide bonds. The van der Waals surface area contributed by atoms with Gasteiger partial charge < -0.3 is 0 Å². The summed E-state index contributed by atoms with van der Waals surface area (Å²) < 4.78 is 49.6. The highest BCUT2D eigenvalue weighted by Gasteiger charge is 2.29. The van der Waals surface area contributed by atoms with Gasteiger partial charge in [-0.05, 0) is 49.2 Å². The van der Waals surface area contributed by atoms with E-state index < -0.39 is 15.6 Å². The lowest BCUT2D eigenvalue weighted by Crippen LogP contribution is -2.22. The Bertz CT molecular complexity index is 1020. The van der Waals surface area contributed by atoms with Crippen molar-refractivity contribution in [1.29, 1.82) is 0 Å². The molecular formula is C19H18F2N2O2S2. The first-order valence-electron chi connectivity index (χ1n) is 8.65. The molecule has 1 saturated heterocycles. The molecule has 0 bridgehead atoms. The second-order valence-electron chi connectivity index (χ2n) is 6.60. The van der Waals surface area contributed by atoms with Gasteiger partial charge in [0.05, 0.1) is 21.2 Å². The molecular weight excluding hydrogens is 390 g/mol. The van der Waals surface area contributed by atoms with Crippen LogP contribution in [0.5, 0.6) is 0 Å². The van der Waals surface area contributed by atoms with E-state index in [9.17, 15) is 17.2 Å². The summed E-state index contributed by atoms with van der Waals surface area (Å²) in [5, 5.41) is 1.09. The highest BCUT2D eigenvalue weighted by atomic mass is 32.2. The SMILES string of the molecule is O=S(=O)(c1ccc(CN2CCCC2c2nc3ccccc3s2)cc1)C(F)F. The lowest BCUT2D eigenvalue weighted by molar-refractivity contribution is 0.234. The molecule has 3 aromatic rings. The zero-order chi connectivity index (χ0) is 19.0. The molecule has 2 aromatic carbocycles.